The highest BCUT2D eigenvalue weighted by Crippen LogP contribution is 2.34. The van der Waals surface area contributed by atoms with Gasteiger partial charge in [0.1, 0.15) is 6.04 Å². The van der Waals surface area contributed by atoms with Crippen LogP contribution in [0.4, 0.5) is 0 Å². The fourth-order valence-electron chi connectivity index (χ4n) is 2.13. The molecule has 0 amide bonds. The maximum absolute atomic E-state index is 10.5. The Labute approximate surface area is 71.6 Å². The van der Waals surface area contributed by atoms with Gasteiger partial charge < -0.3 is 10.4 Å². The van der Waals surface area contributed by atoms with Crippen LogP contribution in [0.1, 0.15) is 19.3 Å². The van der Waals surface area contributed by atoms with E-state index in [2.05, 4.69) is 5.32 Å². The van der Waals surface area contributed by atoms with Crippen molar-refractivity contribution in [2.45, 2.75) is 31.3 Å². The van der Waals surface area contributed by atoms with Gasteiger partial charge in [0.25, 0.3) is 0 Å². The lowest BCUT2D eigenvalue weighted by Gasteiger charge is -2.18. The normalized spacial score (nSPS) is 40.2. The molecule has 2 fully saturated rings. The summed E-state index contributed by atoms with van der Waals surface area (Å²) in [7, 11) is 0. The largest absolute Gasteiger partial charge is 0.480 e. The minimum absolute atomic E-state index is 0. The number of nitrogens with one attached hydrogen (secondary N) is 1. The number of piperidine rings is 1. The number of fused-ring (bicyclic) bond motifs is 2. The molecule has 3 nitrogen and oxygen atoms in total. The lowest BCUT2D eigenvalue weighted by atomic mass is 10.0. The maximum atomic E-state index is 10.5. The number of aliphatic carboxylic acids is 1. The SMILES string of the molecule is Cl.O=C(O)C1NC2CCC1C2. The Kier molecular flexibility index (Phi) is 2.40. The molecule has 0 radical (unpaired) electrons. The second kappa shape index (κ2) is 2.99. The quantitative estimate of drug-likeness (QED) is 0.618. The van der Waals surface area contributed by atoms with E-state index in [-0.39, 0.29) is 18.4 Å². The monoisotopic (exact) mass is 177 g/mol. The molecule has 2 aliphatic rings. The fourth-order valence-corrected chi connectivity index (χ4v) is 2.13. The Balaban J connectivity index is 0.000000605. The summed E-state index contributed by atoms with van der Waals surface area (Å²) in [4.78, 5) is 10.5. The van der Waals surface area contributed by atoms with E-state index >= 15 is 0 Å². The Morgan fingerprint density at radius 2 is 2.18 bits per heavy atom. The number of rotatable bonds is 1. The molecule has 2 rings (SSSR count). The van der Waals surface area contributed by atoms with Crippen LogP contribution in [0.5, 0.6) is 0 Å². The summed E-state index contributed by atoms with van der Waals surface area (Å²) in [6.07, 6.45) is 3.36. The Morgan fingerprint density at radius 3 is 2.45 bits per heavy atom. The van der Waals surface area contributed by atoms with Crippen LogP contribution in [-0.4, -0.2) is 23.2 Å². The van der Waals surface area contributed by atoms with Crippen molar-refractivity contribution in [3.8, 4) is 0 Å². The van der Waals surface area contributed by atoms with Gasteiger partial charge >= 0.3 is 5.97 Å². The Hall–Kier alpha value is -0.280. The molecular weight excluding hydrogens is 166 g/mol. The van der Waals surface area contributed by atoms with Gasteiger partial charge in [-0.3, -0.25) is 4.79 Å². The standard InChI is InChI=1S/C7H11NO2.ClH/c9-7(10)6-4-1-2-5(3-4)8-6;/h4-6,8H,1-3H2,(H,9,10);1H. The van der Waals surface area contributed by atoms with Crippen LogP contribution in [0, 0.1) is 5.92 Å². The minimum Gasteiger partial charge on any atom is -0.480 e. The van der Waals surface area contributed by atoms with Crippen molar-refractivity contribution >= 4 is 18.4 Å². The molecule has 0 aromatic carbocycles. The first-order valence-corrected chi connectivity index (χ1v) is 3.76. The molecule has 0 spiro atoms. The van der Waals surface area contributed by atoms with Gasteiger partial charge in [0.05, 0.1) is 0 Å². The van der Waals surface area contributed by atoms with E-state index < -0.39 is 5.97 Å². The number of carbonyl (C=O) groups is 1. The van der Waals surface area contributed by atoms with Crippen molar-refractivity contribution in [1.82, 2.24) is 5.32 Å². The van der Waals surface area contributed by atoms with Crippen molar-refractivity contribution in [3.63, 3.8) is 0 Å². The lowest BCUT2D eigenvalue weighted by Crippen LogP contribution is -2.41. The van der Waals surface area contributed by atoms with Gasteiger partial charge in [-0.1, -0.05) is 0 Å². The molecule has 1 aliphatic heterocycles. The number of hydrogen-bond acceptors (Lipinski definition) is 2. The second-order valence-electron chi connectivity index (χ2n) is 3.25. The van der Waals surface area contributed by atoms with E-state index in [9.17, 15) is 4.79 Å². The van der Waals surface area contributed by atoms with Crippen LogP contribution in [0.2, 0.25) is 0 Å². The third-order valence-electron chi connectivity index (χ3n) is 2.63. The van der Waals surface area contributed by atoms with Gasteiger partial charge in [-0.2, -0.15) is 0 Å². The highest BCUT2D eigenvalue weighted by molar-refractivity contribution is 5.85. The van der Waals surface area contributed by atoms with Crippen molar-refractivity contribution in [3.05, 3.63) is 0 Å². The highest BCUT2D eigenvalue weighted by Gasteiger charge is 2.42. The van der Waals surface area contributed by atoms with Crippen molar-refractivity contribution in [2.75, 3.05) is 0 Å². The molecule has 3 atom stereocenters. The number of carboxylic acid groups (broad SMARTS) is 1. The zero-order valence-electron chi connectivity index (χ0n) is 6.12. The summed E-state index contributed by atoms with van der Waals surface area (Å²) in [5, 5.41) is 11.8. The summed E-state index contributed by atoms with van der Waals surface area (Å²) in [5.74, 6) is -0.255. The van der Waals surface area contributed by atoms with E-state index in [1.165, 1.54) is 6.42 Å². The summed E-state index contributed by atoms with van der Waals surface area (Å²) in [6, 6.07) is 0.268. The van der Waals surface area contributed by atoms with Crippen LogP contribution < -0.4 is 5.32 Å². The zero-order valence-corrected chi connectivity index (χ0v) is 6.93. The van der Waals surface area contributed by atoms with Gasteiger partial charge in [0.15, 0.2) is 0 Å². The van der Waals surface area contributed by atoms with E-state index in [1.54, 1.807) is 0 Å². The average molecular weight is 178 g/mol. The molecule has 2 bridgehead atoms. The van der Waals surface area contributed by atoms with Gasteiger partial charge in [-0.25, -0.2) is 0 Å². The molecule has 1 aliphatic carbocycles. The molecule has 0 aromatic rings. The molecule has 0 aromatic heterocycles. The number of carboxylic acids is 1. The molecule has 64 valence electrons. The topological polar surface area (TPSA) is 49.3 Å². The highest BCUT2D eigenvalue weighted by atomic mass is 35.5. The Morgan fingerprint density at radius 1 is 1.45 bits per heavy atom. The summed E-state index contributed by atoms with van der Waals surface area (Å²) in [5.41, 5.74) is 0. The smallest absolute Gasteiger partial charge is 0.320 e. The van der Waals surface area contributed by atoms with Crippen LogP contribution in [-0.2, 0) is 4.79 Å². The van der Waals surface area contributed by atoms with Gasteiger partial charge in [-0.05, 0) is 25.2 Å². The Bertz CT molecular complexity index is 174. The molecule has 2 N–H and O–H groups in total. The van der Waals surface area contributed by atoms with Crippen LogP contribution >= 0.6 is 12.4 Å². The van der Waals surface area contributed by atoms with E-state index in [0.717, 1.165) is 12.8 Å². The van der Waals surface area contributed by atoms with E-state index in [1.807, 2.05) is 0 Å². The molecule has 1 saturated heterocycles. The summed E-state index contributed by atoms with van der Waals surface area (Å²) < 4.78 is 0. The van der Waals surface area contributed by atoms with Crippen LogP contribution in [0.25, 0.3) is 0 Å². The number of hydrogen-bond donors (Lipinski definition) is 2. The lowest BCUT2D eigenvalue weighted by molar-refractivity contribution is -0.140. The van der Waals surface area contributed by atoms with E-state index in [0.29, 0.717) is 12.0 Å². The predicted octanol–water partition coefficient (Wildman–Crippen LogP) is 0.633. The van der Waals surface area contributed by atoms with Crippen LogP contribution in [0.15, 0.2) is 0 Å². The summed E-state index contributed by atoms with van der Waals surface area (Å²) in [6.45, 7) is 0. The molecule has 1 saturated carbocycles. The molecule has 3 unspecified atom stereocenters. The van der Waals surface area contributed by atoms with Crippen molar-refractivity contribution < 1.29 is 9.90 Å². The third kappa shape index (κ3) is 1.35. The zero-order chi connectivity index (χ0) is 7.14. The second-order valence-corrected chi connectivity index (χ2v) is 3.25. The molecule has 4 heteroatoms. The van der Waals surface area contributed by atoms with E-state index in [4.69, 9.17) is 5.11 Å². The molecule has 11 heavy (non-hydrogen) atoms. The fraction of sp³-hybridized carbons (Fsp3) is 0.857. The van der Waals surface area contributed by atoms with Gasteiger partial charge in [0, 0.05) is 6.04 Å². The first-order chi connectivity index (χ1) is 4.77. The third-order valence-corrected chi connectivity index (χ3v) is 2.63. The minimum atomic E-state index is -0.674. The van der Waals surface area contributed by atoms with Gasteiger partial charge in [0.2, 0.25) is 0 Å². The first kappa shape index (κ1) is 8.81. The molecule has 1 heterocycles. The van der Waals surface area contributed by atoms with Crippen molar-refractivity contribution in [2.24, 2.45) is 5.92 Å². The first-order valence-electron chi connectivity index (χ1n) is 3.76. The predicted molar refractivity (Wildman–Crippen MR) is 42.9 cm³/mol. The number of halogens is 1. The maximum Gasteiger partial charge on any atom is 0.320 e. The average Bonchev–Trinajstić information content (AvgIpc) is 2.44. The van der Waals surface area contributed by atoms with Crippen LogP contribution in [0.3, 0.4) is 0 Å². The van der Waals surface area contributed by atoms with Gasteiger partial charge in [-0.15, -0.1) is 12.4 Å². The molecular formula is C7H12ClNO2. The van der Waals surface area contributed by atoms with Crippen molar-refractivity contribution in [1.29, 1.82) is 0 Å². The summed E-state index contributed by atoms with van der Waals surface area (Å²) >= 11 is 0.